The molecule has 0 bridgehead atoms. The minimum absolute atomic E-state index is 0.0225. The molecule has 0 radical (unpaired) electrons. The molecule has 0 unspecified atom stereocenters. The van der Waals surface area contributed by atoms with Crippen molar-refractivity contribution in [2.45, 2.75) is 56.0 Å². The van der Waals surface area contributed by atoms with Gasteiger partial charge in [-0.1, -0.05) is 12.5 Å². The third-order valence-corrected chi connectivity index (χ3v) is 8.36. The summed E-state index contributed by atoms with van der Waals surface area (Å²) >= 11 is 0. The zero-order valence-electron chi connectivity index (χ0n) is 18.0. The molecule has 1 aromatic heterocycles. The Morgan fingerprint density at radius 3 is 2.61 bits per heavy atom. The number of nitrogens with zero attached hydrogens (tertiary/aromatic N) is 2. The molecule has 4 rings (SSSR count). The fraction of sp³-hybridized carbons (Fsp3) is 0.522. The van der Waals surface area contributed by atoms with Crippen molar-refractivity contribution < 1.29 is 17.6 Å². The Hall–Kier alpha value is -2.16. The second-order valence-corrected chi connectivity index (χ2v) is 10.4. The van der Waals surface area contributed by atoms with Crippen molar-refractivity contribution in [3.05, 3.63) is 54.0 Å². The summed E-state index contributed by atoms with van der Waals surface area (Å²) in [5, 5.41) is 2.98. The predicted octanol–water partition coefficient (Wildman–Crippen LogP) is 3.41. The lowest BCUT2D eigenvalue weighted by molar-refractivity contribution is 0.0933. The van der Waals surface area contributed by atoms with Crippen LogP contribution in [0.1, 0.15) is 61.2 Å². The van der Waals surface area contributed by atoms with Gasteiger partial charge in [-0.05, 0) is 76.0 Å². The highest BCUT2D eigenvalue weighted by molar-refractivity contribution is 7.89. The summed E-state index contributed by atoms with van der Waals surface area (Å²) < 4.78 is 33.5. The Labute approximate surface area is 184 Å². The molecule has 0 spiro atoms. The molecule has 1 aromatic carbocycles. The highest BCUT2D eigenvalue weighted by Gasteiger charge is 2.31. The zero-order chi connectivity index (χ0) is 21.8. The van der Waals surface area contributed by atoms with E-state index in [0.717, 1.165) is 51.0 Å². The molecule has 1 amide bonds. The van der Waals surface area contributed by atoms with E-state index in [1.54, 1.807) is 28.8 Å². The van der Waals surface area contributed by atoms with Crippen LogP contribution in [0.2, 0.25) is 0 Å². The third-order valence-electron chi connectivity index (χ3n) is 6.35. The monoisotopic (exact) mass is 445 g/mol. The maximum Gasteiger partial charge on any atom is 0.251 e. The first-order valence-electron chi connectivity index (χ1n) is 11.1. The molecule has 0 aliphatic carbocycles. The Kier molecular flexibility index (Phi) is 6.79. The van der Waals surface area contributed by atoms with Gasteiger partial charge in [-0.25, -0.2) is 8.42 Å². The van der Waals surface area contributed by atoms with Gasteiger partial charge in [0.2, 0.25) is 10.0 Å². The number of hydrogen-bond acceptors (Lipinski definition) is 5. The number of hydrogen-bond donors (Lipinski definition) is 1. The van der Waals surface area contributed by atoms with Crippen molar-refractivity contribution in [3.63, 3.8) is 0 Å². The molecule has 2 aliphatic heterocycles. The van der Waals surface area contributed by atoms with Crippen LogP contribution >= 0.6 is 0 Å². The second-order valence-electron chi connectivity index (χ2n) is 8.47. The van der Waals surface area contributed by atoms with Crippen molar-refractivity contribution >= 4 is 15.9 Å². The van der Waals surface area contributed by atoms with Gasteiger partial charge in [0.15, 0.2) is 0 Å². The molecular formula is C23H31N3O4S. The van der Waals surface area contributed by atoms with Crippen molar-refractivity contribution in [2.24, 2.45) is 0 Å². The fourth-order valence-electron chi connectivity index (χ4n) is 4.60. The maximum absolute atomic E-state index is 13.1. The van der Waals surface area contributed by atoms with E-state index in [-0.39, 0.29) is 22.9 Å². The number of carbonyl (C=O) groups excluding carboxylic acids is 1. The summed E-state index contributed by atoms with van der Waals surface area (Å²) in [5.74, 6) is 0.553. The van der Waals surface area contributed by atoms with Crippen LogP contribution in [-0.4, -0.2) is 55.8 Å². The lowest BCUT2D eigenvalue weighted by Gasteiger charge is -2.32. The van der Waals surface area contributed by atoms with Crippen LogP contribution in [-0.2, 0) is 10.0 Å². The largest absolute Gasteiger partial charge is 0.468 e. The van der Waals surface area contributed by atoms with Crippen LogP contribution < -0.4 is 5.32 Å². The summed E-state index contributed by atoms with van der Waals surface area (Å²) in [6.45, 7) is 4.83. The van der Waals surface area contributed by atoms with Crippen LogP contribution in [0.4, 0.5) is 0 Å². The first-order valence-corrected chi connectivity index (χ1v) is 12.6. The number of nitrogens with one attached hydrogen (secondary N) is 1. The minimum atomic E-state index is -3.62. The van der Waals surface area contributed by atoms with E-state index in [1.807, 2.05) is 19.1 Å². The molecule has 31 heavy (non-hydrogen) atoms. The number of rotatable bonds is 7. The normalized spacial score (nSPS) is 21.8. The summed E-state index contributed by atoms with van der Waals surface area (Å²) in [6, 6.07) is 10.1. The Morgan fingerprint density at radius 2 is 1.90 bits per heavy atom. The summed E-state index contributed by atoms with van der Waals surface area (Å²) in [6.07, 6.45) is 6.71. The van der Waals surface area contributed by atoms with E-state index in [9.17, 15) is 13.2 Å². The van der Waals surface area contributed by atoms with E-state index >= 15 is 0 Å². The standard InChI is InChI=1S/C23H31N3O4S/c1-18-8-2-3-14-26(18)31(28,29)20-10-6-9-19(16-20)23(27)24-17-21(22-11-7-15-30-22)25-12-4-5-13-25/h6-7,9-11,15-16,18,21H,2-5,8,12-14,17H2,1H3,(H,24,27)/t18-,21-/m1/s1. The zero-order valence-corrected chi connectivity index (χ0v) is 18.8. The number of carbonyl (C=O) groups is 1. The van der Waals surface area contributed by atoms with E-state index in [1.165, 1.54) is 6.07 Å². The average Bonchev–Trinajstić information content (AvgIpc) is 3.49. The molecule has 8 heteroatoms. The van der Waals surface area contributed by atoms with E-state index in [4.69, 9.17) is 4.42 Å². The average molecular weight is 446 g/mol. The maximum atomic E-state index is 13.1. The van der Waals surface area contributed by atoms with Gasteiger partial charge in [0, 0.05) is 24.7 Å². The molecule has 1 N–H and O–H groups in total. The van der Waals surface area contributed by atoms with E-state index < -0.39 is 10.0 Å². The van der Waals surface area contributed by atoms with E-state index in [2.05, 4.69) is 10.2 Å². The minimum Gasteiger partial charge on any atom is -0.468 e. The van der Waals surface area contributed by atoms with Gasteiger partial charge >= 0.3 is 0 Å². The number of benzene rings is 1. The molecule has 2 aromatic rings. The summed E-state index contributed by atoms with van der Waals surface area (Å²) in [5.41, 5.74) is 0.352. The molecule has 168 valence electrons. The number of piperidine rings is 1. The Bertz CT molecular complexity index is 984. The highest BCUT2D eigenvalue weighted by atomic mass is 32.2. The molecule has 3 heterocycles. The smallest absolute Gasteiger partial charge is 0.251 e. The lowest BCUT2D eigenvalue weighted by Crippen LogP contribution is -2.42. The quantitative estimate of drug-likeness (QED) is 0.706. The highest BCUT2D eigenvalue weighted by Crippen LogP contribution is 2.27. The van der Waals surface area contributed by atoms with Gasteiger partial charge in [-0.3, -0.25) is 9.69 Å². The van der Waals surface area contributed by atoms with Crippen molar-refractivity contribution in [1.29, 1.82) is 0 Å². The Morgan fingerprint density at radius 1 is 1.13 bits per heavy atom. The third kappa shape index (κ3) is 4.86. The van der Waals surface area contributed by atoms with Gasteiger partial charge < -0.3 is 9.73 Å². The van der Waals surface area contributed by atoms with Crippen molar-refractivity contribution in [1.82, 2.24) is 14.5 Å². The number of furan rings is 1. The first-order chi connectivity index (χ1) is 15.0. The van der Waals surface area contributed by atoms with Gasteiger partial charge in [0.25, 0.3) is 5.91 Å². The van der Waals surface area contributed by atoms with Crippen LogP contribution in [0, 0.1) is 0 Å². The van der Waals surface area contributed by atoms with Crippen LogP contribution in [0.3, 0.4) is 0 Å². The Balaban J connectivity index is 1.47. The topological polar surface area (TPSA) is 82.9 Å². The molecule has 2 aliphatic rings. The van der Waals surface area contributed by atoms with Gasteiger partial charge in [0.05, 0.1) is 17.2 Å². The van der Waals surface area contributed by atoms with Gasteiger partial charge in [-0.2, -0.15) is 4.31 Å². The molecule has 2 saturated heterocycles. The van der Waals surface area contributed by atoms with Crippen molar-refractivity contribution in [3.8, 4) is 0 Å². The molecular weight excluding hydrogens is 414 g/mol. The van der Waals surface area contributed by atoms with Crippen LogP contribution in [0.25, 0.3) is 0 Å². The number of likely N-dealkylation sites (tertiary alicyclic amines) is 1. The van der Waals surface area contributed by atoms with Crippen LogP contribution in [0.15, 0.2) is 52.0 Å². The fourth-order valence-corrected chi connectivity index (χ4v) is 6.34. The van der Waals surface area contributed by atoms with Crippen molar-refractivity contribution in [2.75, 3.05) is 26.2 Å². The molecule has 2 atom stereocenters. The van der Waals surface area contributed by atoms with E-state index in [0.29, 0.717) is 18.7 Å². The SMILES string of the molecule is C[C@@H]1CCCCN1S(=O)(=O)c1cccc(C(=O)NC[C@H](c2ccco2)N2CCCC2)c1. The first kappa shape index (κ1) is 22.0. The molecule has 7 nitrogen and oxygen atoms in total. The predicted molar refractivity (Wildman–Crippen MR) is 118 cm³/mol. The lowest BCUT2D eigenvalue weighted by atomic mass is 10.1. The number of amides is 1. The summed E-state index contributed by atoms with van der Waals surface area (Å²) in [7, 11) is -3.62. The summed E-state index contributed by atoms with van der Waals surface area (Å²) in [4.78, 5) is 15.4. The van der Waals surface area contributed by atoms with Gasteiger partial charge in [0.1, 0.15) is 5.76 Å². The molecule has 2 fully saturated rings. The molecule has 0 saturated carbocycles. The van der Waals surface area contributed by atoms with Gasteiger partial charge in [-0.15, -0.1) is 0 Å². The van der Waals surface area contributed by atoms with Crippen LogP contribution in [0.5, 0.6) is 0 Å². The number of sulfonamides is 1. The second kappa shape index (κ2) is 9.54.